The SMILES string of the molecule is C=CCOCCC1CCC(C2CCC(CCCCCCCCC)CC2)CC1. The van der Waals surface area contributed by atoms with Crippen molar-refractivity contribution in [1.82, 2.24) is 0 Å². The van der Waals surface area contributed by atoms with E-state index in [-0.39, 0.29) is 0 Å². The lowest BCUT2D eigenvalue weighted by Crippen LogP contribution is -2.26. The second kappa shape index (κ2) is 14.7. The zero-order valence-corrected chi connectivity index (χ0v) is 18.4. The highest BCUT2D eigenvalue weighted by Crippen LogP contribution is 2.42. The molecule has 2 saturated carbocycles. The Morgan fingerprint density at radius 1 is 0.704 bits per heavy atom. The number of rotatable bonds is 14. The molecule has 0 aromatic carbocycles. The van der Waals surface area contributed by atoms with Crippen molar-refractivity contribution in [3.63, 3.8) is 0 Å². The first kappa shape index (κ1) is 23.0. The largest absolute Gasteiger partial charge is 0.377 e. The average molecular weight is 377 g/mol. The molecule has 0 heterocycles. The summed E-state index contributed by atoms with van der Waals surface area (Å²) in [6.45, 7) is 7.68. The van der Waals surface area contributed by atoms with E-state index >= 15 is 0 Å². The van der Waals surface area contributed by atoms with E-state index in [1.54, 1.807) is 12.8 Å². The molecule has 2 rings (SSSR count). The fraction of sp³-hybridized carbons (Fsp3) is 0.923. The molecular formula is C26H48O. The predicted octanol–water partition coefficient (Wildman–Crippen LogP) is 8.33. The van der Waals surface area contributed by atoms with E-state index in [1.165, 1.54) is 96.3 Å². The Kier molecular flexibility index (Phi) is 12.5. The van der Waals surface area contributed by atoms with E-state index in [4.69, 9.17) is 4.74 Å². The lowest BCUT2D eigenvalue weighted by molar-refractivity contribution is 0.110. The summed E-state index contributed by atoms with van der Waals surface area (Å²) in [6.07, 6.45) is 27.0. The van der Waals surface area contributed by atoms with Crippen molar-refractivity contribution in [2.75, 3.05) is 13.2 Å². The minimum absolute atomic E-state index is 0.720. The topological polar surface area (TPSA) is 9.23 Å². The smallest absolute Gasteiger partial charge is 0.0644 e. The molecule has 0 radical (unpaired) electrons. The Balaban J connectivity index is 1.48. The van der Waals surface area contributed by atoms with E-state index < -0.39 is 0 Å². The first-order valence-electron chi connectivity index (χ1n) is 12.5. The normalized spacial score (nSPS) is 28.9. The van der Waals surface area contributed by atoms with Crippen molar-refractivity contribution in [1.29, 1.82) is 0 Å². The van der Waals surface area contributed by atoms with Crippen LogP contribution in [0.1, 0.15) is 116 Å². The van der Waals surface area contributed by atoms with Gasteiger partial charge in [-0.2, -0.15) is 0 Å². The zero-order valence-electron chi connectivity index (χ0n) is 18.4. The molecule has 0 atom stereocenters. The Morgan fingerprint density at radius 3 is 1.78 bits per heavy atom. The third kappa shape index (κ3) is 9.64. The number of unbranched alkanes of at least 4 members (excludes halogenated alkanes) is 6. The fourth-order valence-electron chi connectivity index (χ4n) is 5.70. The van der Waals surface area contributed by atoms with Crippen molar-refractivity contribution in [3.05, 3.63) is 12.7 Å². The molecule has 1 nitrogen and oxygen atoms in total. The third-order valence-corrected chi connectivity index (χ3v) is 7.57. The molecule has 0 N–H and O–H groups in total. The molecule has 0 bridgehead atoms. The van der Waals surface area contributed by atoms with Crippen LogP contribution in [0.25, 0.3) is 0 Å². The maximum absolute atomic E-state index is 5.59. The van der Waals surface area contributed by atoms with Gasteiger partial charge in [-0.25, -0.2) is 0 Å². The highest BCUT2D eigenvalue weighted by Gasteiger charge is 2.30. The van der Waals surface area contributed by atoms with Crippen LogP contribution in [0.4, 0.5) is 0 Å². The Labute approximate surface area is 170 Å². The lowest BCUT2D eigenvalue weighted by Gasteiger charge is -2.38. The maximum Gasteiger partial charge on any atom is 0.0644 e. The zero-order chi connectivity index (χ0) is 19.2. The molecule has 2 fully saturated rings. The Morgan fingerprint density at radius 2 is 1.22 bits per heavy atom. The van der Waals surface area contributed by atoms with Crippen LogP contribution >= 0.6 is 0 Å². The van der Waals surface area contributed by atoms with Crippen molar-refractivity contribution < 1.29 is 4.74 Å². The minimum atomic E-state index is 0.720. The third-order valence-electron chi connectivity index (χ3n) is 7.57. The second-order valence-electron chi connectivity index (χ2n) is 9.62. The van der Waals surface area contributed by atoms with Gasteiger partial charge in [0.05, 0.1) is 6.61 Å². The van der Waals surface area contributed by atoms with Gasteiger partial charge in [0.2, 0.25) is 0 Å². The van der Waals surface area contributed by atoms with E-state index in [0.717, 1.165) is 36.9 Å². The first-order chi connectivity index (χ1) is 13.3. The highest BCUT2D eigenvalue weighted by atomic mass is 16.5. The van der Waals surface area contributed by atoms with Crippen LogP contribution in [0.3, 0.4) is 0 Å². The Bertz CT molecular complexity index is 347. The molecule has 2 aliphatic carbocycles. The second-order valence-corrected chi connectivity index (χ2v) is 9.62. The van der Waals surface area contributed by atoms with E-state index in [2.05, 4.69) is 13.5 Å². The molecular weight excluding hydrogens is 328 g/mol. The summed E-state index contributed by atoms with van der Waals surface area (Å²) in [6, 6.07) is 0. The van der Waals surface area contributed by atoms with Gasteiger partial charge >= 0.3 is 0 Å². The summed E-state index contributed by atoms with van der Waals surface area (Å²) in [5.74, 6) is 4.11. The minimum Gasteiger partial charge on any atom is -0.377 e. The summed E-state index contributed by atoms with van der Waals surface area (Å²) in [4.78, 5) is 0. The average Bonchev–Trinajstić information content (AvgIpc) is 2.71. The van der Waals surface area contributed by atoms with Crippen LogP contribution in [-0.2, 0) is 4.74 Å². The van der Waals surface area contributed by atoms with Gasteiger partial charge in [0.15, 0.2) is 0 Å². The van der Waals surface area contributed by atoms with Gasteiger partial charge in [-0.3, -0.25) is 0 Å². The quantitative estimate of drug-likeness (QED) is 0.219. The van der Waals surface area contributed by atoms with Crippen molar-refractivity contribution >= 4 is 0 Å². The fourth-order valence-corrected chi connectivity index (χ4v) is 5.70. The van der Waals surface area contributed by atoms with Crippen molar-refractivity contribution in [2.45, 2.75) is 116 Å². The molecule has 27 heavy (non-hydrogen) atoms. The summed E-state index contributed by atoms with van der Waals surface area (Å²) >= 11 is 0. The summed E-state index contributed by atoms with van der Waals surface area (Å²) in [5.41, 5.74) is 0. The van der Waals surface area contributed by atoms with Crippen molar-refractivity contribution in [2.24, 2.45) is 23.7 Å². The van der Waals surface area contributed by atoms with E-state index in [0.29, 0.717) is 0 Å². The van der Waals surface area contributed by atoms with Crippen molar-refractivity contribution in [3.8, 4) is 0 Å². The molecule has 0 aromatic heterocycles. The molecule has 0 aliphatic heterocycles. The van der Waals surface area contributed by atoms with Gasteiger partial charge in [-0.15, -0.1) is 6.58 Å². The summed E-state index contributed by atoms with van der Waals surface area (Å²) < 4.78 is 5.59. The number of hydrogen-bond acceptors (Lipinski definition) is 1. The molecule has 0 amide bonds. The molecule has 2 aliphatic rings. The van der Waals surface area contributed by atoms with Gasteiger partial charge < -0.3 is 4.74 Å². The van der Waals surface area contributed by atoms with Crippen LogP contribution in [-0.4, -0.2) is 13.2 Å². The predicted molar refractivity (Wildman–Crippen MR) is 119 cm³/mol. The lowest BCUT2D eigenvalue weighted by atomic mass is 9.68. The monoisotopic (exact) mass is 376 g/mol. The molecule has 158 valence electrons. The van der Waals surface area contributed by atoms with Gasteiger partial charge in [0, 0.05) is 6.61 Å². The van der Waals surface area contributed by atoms with Gasteiger partial charge in [0.25, 0.3) is 0 Å². The molecule has 0 saturated heterocycles. The molecule has 0 spiro atoms. The van der Waals surface area contributed by atoms with Gasteiger partial charge in [0.1, 0.15) is 0 Å². The first-order valence-corrected chi connectivity index (χ1v) is 12.5. The highest BCUT2D eigenvalue weighted by molar-refractivity contribution is 4.82. The number of ether oxygens (including phenoxy) is 1. The summed E-state index contributed by atoms with van der Waals surface area (Å²) in [5, 5.41) is 0. The van der Waals surface area contributed by atoms with Crippen LogP contribution in [0.2, 0.25) is 0 Å². The molecule has 0 aromatic rings. The van der Waals surface area contributed by atoms with Gasteiger partial charge in [-0.1, -0.05) is 90.0 Å². The van der Waals surface area contributed by atoms with Crippen LogP contribution in [0.5, 0.6) is 0 Å². The van der Waals surface area contributed by atoms with E-state index in [9.17, 15) is 0 Å². The van der Waals surface area contributed by atoms with Gasteiger partial charge in [-0.05, 0) is 55.8 Å². The number of hydrogen-bond donors (Lipinski definition) is 0. The maximum atomic E-state index is 5.59. The molecule has 0 unspecified atom stereocenters. The van der Waals surface area contributed by atoms with Crippen LogP contribution in [0, 0.1) is 23.7 Å². The standard InChI is InChI=1S/C26H48O/c1-3-5-6-7-8-9-10-11-23-12-16-25(17-13-23)26-18-14-24(15-19-26)20-22-27-21-4-2/h4,23-26H,2-3,5-22H2,1H3. The molecule has 1 heteroatoms. The van der Waals surface area contributed by atoms with Crippen LogP contribution in [0.15, 0.2) is 12.7 Å². The summed E-state index contributed by atoms with van der Waals surface area (Å²) in [7, 11) is 0. The van der Waals surface area contributed by atoms with Crippen LogP contribution < -0.4 is 0 Å². The Hall–Kier alpha value is -0.300. The van der Waals surface area contributed by atoms with E-state index in [1.807, 2.05) is 6.08 Å².